The lowest BCUT2D eigenvalue weighted by Crippen LogP contribution is -1.98. The van der Waals surface area contributed by atoms with Crippen LogP contribution in [0.25, 0.3) is 0 Å². The molecule has 4 nitrogen and oxygen atoms in total. The van der Waals surface area contributed by atoms with Gasteiger partial charge in [0.05, 0.1) is 5.69 Å². The third-order valence-corrected chi connectivity index (χ3v) is 1.16. The molecule has 0 aliphatic heterocycles. The minimum atomic E-state index is 0.613. The number of hydrogen-bond donors (Lipinski definition) is 1. The van der Waals surface area contributed by atoms with E-state index in [0.29, 0.717) is 5.95 Å². The van der Waals surface area contributed by atoms with Crippen molar-refractivity contribution in [2.45, 2.75) is 0 Å². The maximum Gasteiger partial charge on any atom is 0.222 e. The second-order valence-corrected chi connectivity index (χ2v) is 1.94. The van der Waals surface area contributed by atoms with Gasteiger partial charge in [-0.15, -0.1) is 0 Å². The molecule has 0 amide bonds. The van der Waals surface area contributed by atoms with Gasteiger partial charge in [-0.05, 0) is 6.07 Å². The monoisotopic (exact) mass is 150 g/mol. The molecule has 0 atom stereocenters. The molecule has 0 unspecified atom stereocenters. The van der Waals surface area contributed by atoms with Crippen molar-refractivity contribution in [3.8, 4) is 0 Å². The summed E-state index contributed by atoms with van der Waals surface area (Å²) in [7, 11) is 3.49. The minimum absolute atomic E-state index is 0.613. The van der Waals surface area contributed by atoms with Gasteiger partial charge in [-0.25, -0.2) is 9.97 Å². The highest BCUT2D eigenvalue weighted by Gasteiger charge is 1.91. The van der Waals surface area contributed by atoms with Crippen LogP contribution in [-0.2, 0) is 0 Å². The zero-order valence-electron chi connectivity index (χ0n) is 6.57. The van der Waals surface area contributed by atoms with E-state index in [0.717, 1.165) is 5.69 Å². The Kier molecular flexibility index (Phi) is 2.54. The summed E-state index contributed by atoms with van der Waals surface area (Å²) in [5, 5.41) is 2.84. The van der Waals surface area contributed by atoms with E-state index in [1.165, 1.54) is 0 Å². The van der Waals surface area contributed by atoms with Crippen molar-refractivity contribution in [1.29, 1.82) is 0 Å². The zero-order valence-corrected chi connectivity index (χ0v) is 6.57. The number of nitrogens with zero attached hydrogens (tertiary/aromatic N) is 3. The van der Waals surface area contributed by atoms with E-state index in [1.807, 2.05) is 0 Å². The molecule has 1 heterocycles. The molecule has 11 heavy (non-hydrogen) atoms. The fourth-order valence-corrected chi connectivity index (χ4v) is 0.697. The van der Waals surface area contributed by atoms with Gasteiger partial charge >= 0.3 is 0 Å². The number of nitrogens with one attached hydrogen (secondary N) is 1. The van der Waals surface area contributed by atoms with Gasteiger partial charge in [-0.1, -0.05) is 0 Å². The minimum Gasteiger partial charge on any atom is -0.357 e. The van der Waals surface area contributed by atoms with Gasteiger partial charge in [0.15, 0.2) is 0 Å². The van der Waals surface area contributed by atoms with Crippen LogP contribution in [0, 0.1) is 0 Å². The molecule has 0 aromatic carbocycles. The molecular weight excluding hydrogens is 140 g/mol. The summed E-state index contributed by atoms with van der Waals surface area (Å²) in [5.41, 5.74) is 0.812. The standard InChI is InChI=1S/C7H10N4/c1-8-5-6-3-4-10-7(9-2)11-6/h3-5H,1-2H3,(H,9,10,11). The van der Waals surface area contributed by atoms with Gasteiger partial charge in [0.1, 0.15) is 0 Å². The number of hydrogen-bond acceptors (Lipinski definition) is 4. The molecule has 0 saturated carbocycles. The predicted octanol–water partition coefficient (Wildman–Crippen LogP) is 0.567. The first-order valence-electron chi connectivity index (χ1n) is 3.30. The van der Waals surface area contributed by atoms with Gasteiger partial charge in [0.25, 0.3) is 0 Å². The lowest BCUT2D eigenvalue weighted by atomic mass is 10.4. The molecule has 0 bridgehead atoms. The molecule has 4 heteroatoms. The van der Waals surface area contributed by atoms with Crippen LogP contribution in [0.3, 0.4) is 0 Å². The second kappa shape index (κ2) is 3.65. The fourth-order valence-electron chi connectivity index (χ4n) is 0.697. The highest BCUT2D eigenvalue weighted by atomic mass is 15.1. The lowest BCUT2D eigenvalue weighted by Gasteiger charge is -1.96. The molecule has 0 aliphatic rings. The van der Waals surface area contributed by atoms with Crippen molar-refractivity contribution in [2.24, 2.45) is 4.99 Å². The Labute approximate surface area is 65.4 Å². The first-order chi connectivity index (χ1) is 5.36. The SMILES string of the molecule is CN=Cc1ccnc(NC)n1. The van der Waals surface area contributed by atoms with E-state index >= 15 is 0 Å². The van der Waals surface area contributed by atoms with E-state index in [9.17, 15) is 0 Å². The Morgan fingerprint density at radius 1 is 1.64 bits per heavy atom. The first kappa shape index (κ1) is 7.65. The van der Waals surface area contributed by atoms with Gasteiger partial charge in [0.2, 0.25) is 5.95 Å². The van der Waals surface area contributed by atoms with Crippen molar-refractivity contribution in [1.82, 2.24) is 9.97 Å². The molecule has 0 aliphatic carbocycles. The first-order valence-corrected chi connectivity index (χ1v) is 3.30. The maximum atomic E-state index is 4.11. The highest BCUT2D eigenvalue weighted by molar-refractivity contribution is 5.76. The molecule has 0 radical (unpaired) electrons. The molecule has 1 N–H and O–H groups in total. The topological polar surface area (TPSA) is 50.2 Å². The smallest absolute Gasteiger partial charge is 0.222 e. The third-order valence-electron chi connectivity index (χ3n) is 1.16. The van der Waals surface area contributed by atoms with Gasteiger partial charge in [-0.3, -0.25) is 4.99 Å². The van der Waals surface area contributed by atoms with Gasteiger partial charge in [-0.2, -0.15) is 0 Å². The van der Waals surface area contributed by atoms with Gasteiger partial charge in [0, 0.05) is 26.5 Å². The quantitative estimate of drug-likeness (QED) is 0.627. The summed E-state index contributed by atoms with van der Waals surface area (Å²) >= 11 is 0. The van der Waals surface area contributed by atoms with E-state index in [4.69, 9.17) is 0 Å². The normalized spacial score (nSPS) is 10.4. The summed E-state index contributed by atoms with van der Waals surface area (Å²) in [6, 6.07) is 1.80. The van der Waals surface area contributed by atoms with Crippen LogP contribution < -0.4 is 5.32 Å². The van der Waals surface area contributed by atoms with Crippen molar-refractivity contribution >= 4 is 12.2 Å². The maximum absolute atomic E-state index is 4.11. The molecule has 1 aromatic heterocycles. The van der Waals surface area contributed by atoms with Crippen LogP contribution in [0.15, 0.2) is 17.3 Å². The number of anilines is 1. The van der Waals surface area contributed by atoms with E-state index in [1.54, 1.807) is 32.6 Å². The molecule has 1 aromatic rings. The molecular formula is C7H10N4. The van der Waals surface area contributed by atoms with Crippen LogP contribution >= 0.6 is 0 Å². The molecule has 1 rings (SSSR count). The van der Waals surface area contributed by atoms with Crippen LogP contribution in [0.1, 0.15) is 5.69 Å². The molecule has 0 saturated heterocycles. The van der Waals surface area contributed by atoms with Crippen molar-refractivity contribution in [3.63, 3.8) is 0 Å². The largest absolute Gasteiger partial charge is 0.357 e. The number of aliphatic imine (C=N–C) groups is 1. The summed E-state index contributed by atoms with van der Waals surface area (Å²) < 4.78 is 0. The summed E-state index contributed by atoms with van der Waals surface area (Å²) in [4.78, 5) is 11.9. The Morgan fingerprint density at radius 2 is 2.45 bits per heavy atom. The average Bonchev–Trinajstić information content (AvgIpc) is 2.06. The van der Waals surface area contributed by atoms with Crippen LogP contribution in [0.4, 0.5) is 5.95 Å². The highest BCUT2D eigenvalue weighted by Crippen LogP contribution is 1.95. The molecule has 0 spiro atoms. The average molecular weight is 150 g/mol. The number of rotatable bonds is 2. The van der Waals surface area contributed by atoms with Crippen molar-refractivity contribution < 1.29 is 0 Å². The number of aromatic nitrogens is 2. The van der Waals surface area contributed by atoms with Crippen LogP contribution in [0.5, 0.6) is 0 Å². The Bertz CT molecular complexity index is 256. The molecule has 58 valence electrons. The van der Waals surface area contributed by atoms with Crippen LogP contribution in [-0.4, -0.2) is 30.3 Å². The second-order valence-electron chi connectivity index (χ2n) is 1.94. The Balaban J connectivity index is 2.91. The van der Waals surface area contributed by atoms with Crippen molar-refractivity contribution in [3.05, 3.63) is 18.0 Å². The predicted molar refractivity (Wildman–Crippen MR) is 45.1 cm³/mol. The Hall–Kier alpha value is -1.45. The Morgan fingerprint density at radius 3 is 3.09 bits per heavy atom. The fraction of sp³-hybridized carbons (Fsp3) is 0.286. The van der Waals surface area contributed by atoms with E-state index in [2.05, 4.69) is 20.3 Å². The van der Waals surface area contributed by atoms with Gasteiger partial charge < -0.3 is 5.32 Å². The third kappa shape index (κ3) is 2.00. The van der Waals surface area contributed by atoms with E-state index in [-0.39, 0.29) is 0 Å². The summed E-state index contributed by atoms with van der Waals surface area (Å²) in [5.74, 6) is 0.613. The zero-order chi connectivity index (χ0) is 8.10. The summed E-state index contributed by atoms with van der Waals surface area (Å²) in [6.07, 6.45) is 3.37. The van der Waals surface area contributed by atoms with E-state index < -0.39 is 0 Å². The van der Waals surface area contributed by atoms with Crippen LogP contribution in [0.2, 0.25) is 0 Å². The van der Waals surface area contributed by atoms with Crippen molar-refractivity contribution in [2.75, 3.05) is 19.4 Å². The lowest BCUT2D eigenvalue weighted by molar-refractivity contribution is 1.14. The molecule has 0 fully saturated rings. The summed E-state index contributed by atoms with van der Waals surface area (Å²) in [6.45, 7) is 0.